The Kier molecular flexibility index (Phi) is 8.98. The summed E-state index contributed by atoms with van der Waals surface area (Å²) in [5.41, 5.74) is 0. The summed E-state index contributed by atoms with van der Waals surface area (Å²) in [4.78, 5) is 0. The minimum atomic E-state index is -4.01. The van der Waals surface area contributed by atoms with Gasteiger partial charge in [0.2, 0.25) is 0 Å². The van der Waals surface area contributed by atoms with Crippen molar-refractivity contribution in [1.29, 1.82) is 0 Å². The minimum Gasteiger partial charge on any atom is -0.395 e. The van der Waals surface area contributed by atoms with Crippen molar-refractivity contribution in [3.8, 4) is 0 Å². The van der Waals surface area contributed by atoms with Gasteiger partial charge >= 0.3 is 8.97 Å². The number of halogens is 1. The van der Waals surface area contributed by atoms with E-state index in [1.807, 2.05) is 9.13 Å². The van der Waals surface area contributed by atoms with Crippen LogP contribution in [0.4, 0.5) is 4.11 Å². The quantitative estimate of drug-likeness (QED) is 0.406. The summed E-state index contributed by atoms with van der Waals surface area (Å²) in [6, 6.07) is 0.111. The monoisotopic (exact) mass is 421 g/mol. The molecule has 0 aliphatic heterocycles. The molecule has 0 spiro atoms. The molecule has 0 saturated heterocycles. The van der Waals surface area contributed by atoms with Crippen LogP contribution < -0.4 is 5.40 Å². The third-order valence-electron chi connectivity index (χ3n) is 5.38. The molecular formula is C20H48FN3OSi2. The minimum absolute atomic E-state index is 0.0276. The first kappa shape index (κ1) is 27.2. The molecule has 2 N–H and O–H groups in total. The first-order valence-corrected chi connectivity index (χ1v) is 14.2. The van der Waals surface area contributed by atoms with E-state index in [2.05, 4.69) is 96.9 Å². The lowest BCUT2D eigenvalue weighted by Gasteiger charge is -2.56. The largest absolute Gasteiger partial charge is 0.552 e. The van der Waals surface area contributed by atoms with E-state index >= 15 is 4.11 Å². The summed E-state index contributed by atoms with van der Waals surface area (Å²) >= 11 is 0. The molecule has 0 fully saturated rings. The van der Waals surface area contributed by atoms with Gasteiger partial charge in [0, 0.05) is 24.2 Å². The Morgan fingerprint density at radius 2 is 0.889 bits per heavy atom. The van der Waals surface area contributed by atoms with Crippen LogP contribution in [0, 0.1) is 0 Å². The van der Waals surface area contributed by atoms with Gasteiger partial charge < -0.3 is 9.51 Å². The maximum absolute atomic E-state index is 17.4. The second-order valence-electron chi connectivity index (χ2n) is 11.1. The molecule has 27 heavy (non-hydrogen) atoms. The normalized spacial score (nSPS) is 15.3. The summed E-state index contributed by atoms with van der Waals surface area (Å²) in [7, 11) is -7.01. The summed E-state index contributed by atoms with van der Waals surface area (Å²) in [5.74, 6) is 0. The lowest BCUT2D eigenvalue weighted by atomic mass is 10.2. The molecule has 0 rings (SSSR count). The molecule has 0 unspecified atom stereocenters. The molecule has 0 aliphatic carbocycles. The zero-order valence-electron chi connectivity index (χ0n) is 20.6. The molecule has 7 heteroatoms. The number of hydrogen-bond donors (Lipinski definition) is 1. The Bertz CT molecular complexity index is 421. The maximum atomic E-state index is 17.4. The average molecular weight is 422 g/mol. The van der Waals surface area contributed by atoms with Crippen molar-refractivity contribution < 1.29 is 8.22 Å². The third-order valence-corrected chi connectivity index (χ3v) is 15.5. The fraction of sp³-hybridized carbons (Fsp3) is 1.00. The van der Waals surface area contributed by atoms with E-state index < -0.39 is 17.5 Å². The van der Waals surface area contributed by atoms with Crippen molar-refractivity contribution >= 4 is 17.5 Å². The van der Waals surface area contributed by atoms with E-state index in [-0.39, 0.29) is 34.2 Å². The zero-order valence-corrected chi connectivity index (χ0v) is 22.6. The first-order chi connectivity index (χ1) is 11.7. The summed E-state index contributed by atoms with van der Waals surface area (Å²) in [6.45, 7) is 29.0. The van der Waals surface area contributed by atoms with E-state index in [1.54, 1.807) is 0 Å². The van der Waals surface area contributed by atoms with Gasteiger partial charge in [-0.3, -0.25) is 9.13 Å². The second kappa shape index (κ2) is 8.92. The molecule has 0 aliphatic rings. The summed E-state index contributed by atoms with van der Waals surface area (Å²) < 4.78 is 28.1. The van der Waals surface area contributed by atoms with E-state index in [1.165, 1.54) is 0 Å². The van der Waals surface area contributed by atoms with Crippen molar-refractivity contribution in [3.05, 3.63) is 0 Å². The molecule has 0 amide bonds. The maximum Gasteiger partial charge on any atom is 0.552 e. The molecule has 0 saturated carbocycles. The van der Waals surface area contributed by atoms with Crippen molar-refractivity contribution in [2.45, 2.75) is 131 Å². The van der Waals surface area contributed by atoms with Crippen molar-refractivity contribution in [3.63, 3.8) is 0 Å². The van der Waals surface area contributed by atoms with Crippen LogP contribution in [0.3, 0.4) is 0 Å². The highest BCUT2D eigenvalue weighted by atomic mass is 28.5. The van der Waals surface area contributed by atoms with Gasteiger partial charge in [0.05, 0.1) is 0 Å². The Labute approximate surface area is 171 Å². The van der Waals surface area contributed by atoms with Crippen LogP contribution in [0.15, 0.2) is 0 Å². The molecule has 0 atom stereocenters. The third kappa shape index (κ3) is 5.63. The van der Waals surface area contributed by atoms with E-state index in [0.717, 1.165) is 0 Å². The van der Waals surface area contributed by atoms with Crippen LogP contribution in [0.5, 0.6) is 0 Å². The topological polar surface area (TPSA) is 41.7 Å². The molecule has 0 aromatic heterocycles. The predicted octanol–water partition coefficient (Wildman–Crippen LogP) is 5.65. The highest BCUT2D eigenvalue weighted by molar-refractivity contribution is 6.84. The van der Waals surface area contributed by atoms with Gasteiger partial charge in [0.1, 0.15) is 0 Å². The number of nitrogens with zero attached hydrogens (tertiary/aromatic N) is 2. The SMILES string of the molecule is CC(C)N(C(C)C)[Si](F)(O[Si](N)(C(C)(C)C)C(C)(C)C)N(C(C)C)C(C)C. The fourth-order valence-electron chi connectivity index (χ4n) is 4.34. The van der Waals surface area contributed by atoms with Crippen LogP contribution >= 0.6 is 0 Å². The standard InChI is InChI=1S/C20H48FN3OSi2/c1-15(2)23(16(3)4)27(21,24(17(5)6)18(7)8)25-26(22,19(9,10)11)20(12,13)14/h15-18H,22H2,1-14H3. The Morgan fingerprint density at radius 3 is 1.04 bits per heavy atom. The van der Waals surface area contributed by atoms with Gasteiger partial charge in [-0.25, -0.2) is 4.11 Å². The Balaban J connectivity index is 6.77. The Morgan fingerprint density at radius 1 is 0.667 bits per heavy atom. The predicted molar refractivity (Wildman–Crippen MR) is 122 cm³/mol. The van der Waals surface area contributed by atoms with Crippen LogP contribution in [0.25, 0.3) is 0 Å². The molecule has 4 nitrogen and oxygen atoms in total. The van der Waals surface area contributed by atoms with Crippen molar-refractivity contribution in [2.24, 2.45) is 5.40 Å². The molecule has 0 radical (unpaired) electrons. The van der Waals surface area contributed by atoms with E-state index in [4.69, 9.17) is 9.51 Å². The molecular weight excluding hydrogens is 373 g/mol. The van der Waals surface area contributed by atoms with Gasteiger partial charge in [-0.15, -0.1) is 0 Å². The lowest BCUT2D eigenvalue weighted by molar-refractivity contribution is 0.107. The highest BCUT2D eigenvalue weighted by Crippen LogP contribution is 2.50. The number of hydrogen-bond acceptors (Lipinski definition) is 4. The van der Waals surface area contributed by atoms with Gasteiger partial charge in [-0.2, -0.15) is 0 Å². The molecule has 164 valence electrons. The molecule has 0 heterocycles. The molecule has 0 aromatic carbocycles. The first-order valence-electron chi connectivity index (χ1n) is 10.5. The summed E-state index contributed by atoms with van der Waals surface area (Å²) in [6.07, 6.45) is 0. The van der Waals surface area contributed by atoms with Gasteiger partial charge in [-0.05, 0) is 10.1 Å². The second-order valence-corrected chi connectivity index (χ2v) is 18.4. The van der Waals surface area contributed by atoms with Gasteiger partial charge in [0.25, 0.3) is 8.48 Å². The fourth-order valence-corrected chi connectivity index (χ4v) is 14.3. The van der Waals surface area contributed by atoms with Crippen LogP contribution in [0.2, 0.25) is 10.1 Å². The van der Waals surface area contributed by atoms with Crippen LogP contribution in [-0.4, -0.2) is 50.8 Å². The average Bonchev–Trinajstić information content (AvgIpc) is 2.32. The molecule has 0 aromatic rings. The smallest absolute Gasteiger partial charge is 0.395 e. The van der Waals surface area contributed by atoms with Gasteiger partial charge in [-0.1, -0.05) is 96.9 Å². The van der Waals surface area contributed by atoms with Crippen molar-refractivity contribution in [2.75, 3.05) is 0 Å². The summed E-state index contributed by atoms with van der Waals surface area (Å²) in [5, 5.41) is 6.48. The van der Waals surface area contributed by atoms with Crippen LogP contribution in [-0.2, 0) is 4.12 Å². The van der Waals surface area contributed by atoms with Crippen LogP contribution in [0.1, 0.15) is 96.9 Å². The van der Waals surface area contributed by atoms with E-state index in [9.17, 15) is 0 Å². The van der Waals surface area contributed by atoms with E-state index in [0.29, 0.717) is 0 Å². The molecule has 0 bridgehead atoms. The number of nitrogens with two attached hydrogens (primary N) is 1. The van der Waals surface area contributed by atoms with Gasteiger partial charge in [0.15, 0.2) is 0 Å². The zero-order chi connectivity index (χ0) is 22.2. The Hall–Kier alpha value is 0.204. The van der Waals surface area contributed by atoms with Crippen molar-refractivity contribution in [1.82, 2.24) is 9.13 Å². The number of rotatable bonds is 8. The highest BCUT2D eigenvalue weighted by Gasteiger charge is 2.64. The lowest BCUT2D eigenvalue weighted by Crippen LogP contribution is -2.78.